The first-order valence-corrected chi connectivity index (χ1v) is 6.70. The van der Waals surface area contributed by atoms with Crippen LogP contribution < -0.4 is 10.6 Å². The van der Waals surface area contributed by atoms with Gasteiger partial charge < -0.3 is 10.6 Å². The molecule has 0 radical (unpaired) electrons. The predicted molar refractivity (Wildman–Crippen MR) is 78.5 cm³/mol. The number of anilines is 1. The Hall–Kier alpha value is -2.50. The Morgan fingerprint density at radius 1 is 1.38 bits per heavy atom. The number of hydrogen-bond acceptors (Lipinski definition) is 4. The van der Waals surface area contributed by atoms with Crippen LogP contribution in [0, 0.1) is 12.7 Å². The van der Waals surface area contributed by atoms with E-state index >= 15 is 0 Å². The van der Waals surface area contributed by atoms with Gasteiger partial charge in [0.15, 0.2) is 0 Å². The lowest BCUT2D eigenvalue weighted by molar-refractivity contribution is 0.0950. The average Bonchev–Trinajstić information content (AvgIpc) is 2.48. The molecule has 5 nitrogen and oxygen atoms in total. The van der Waals surface area contributed by atoms with E-state index in [0.29, 0.717) is 12.4 Å². The van der Waals surface area contributed by atoms with E-state index in [4.69, 9.17) is 0 Å². The molecule has 2 rings (SSSR count). The summed E-state index contributed by atoms with van der Waals surface area (Å²) in [5, 5.41) is 5.67. The molecule has 2 N–H and O–H groups in total. The van der Waals surface area contributed by atoms with E-state index in [-0.39, 0.29) is 18.0 Å². The molecule has 0 fully saturated rings. The molecule has 2 aromatic rings. The van der Waals surface area contributed by atoms with E-state index in [1.807, 2.05) is 26.0 Å². The van der Waals surface area contributed by atoms with Crippen molar-refractivity contribution in [2.75, 3.05) is 11.9 Å². The van der Waals surface area contributed by atoms with Crippen LogP contribution >= 0.6 is 0 Å². The summed E-state index contributed by atoms with van der Waals surface area (Å²) in [4.78, 5) is 20.3. The lowest BCUT2D eigenvalue weighted by Gasteiger charge is -2.11. The van der Waals surface area contributed by atoms with Crippen molar-refractivity contribution in [1.29, 1.82) is 0 Å². The molecule has 21 heavy (non-hydrogen) atoms. The van der Waals surface area contributed by atoms with Gasteiger partial charge in [-0.2, -0.15) is 0 Å². The highest BCUT2D eigenvalue weighted by Gasteiger charge is 2.14. The Bertz CT molecular complexity index is 645. The highest BCUT2D eigenvalue weighted by Crippen LogP contribution is 2.13. The molecule has 0 aliphatic heterocycles. The van der Waals surface area contributed by atoms with Gasteiger partial charge in [0.25, 0.3) is 5.91 Å². The molecule has 2 aromatic heterocycles. The third kappa shape index (κ3) is 3.75. The Morgan fingerprint density at radius 2 is 2.19 bits per heavy atom. The van der Waals surface area contributed by atoms with Crippen molar-refractivity contribution in [2.45, 2.75) is 20.4 Å². The second-order valence-electron chi connectivity index (χ2n) is 4.53. The number of nitrogens with one attached hydrogen (secondary N) is 2. The van der Waals surface area contributed by atoms with Crippen molar-refractivity contribution >= 4 is 11.7 Å². The van der Waals surface area contributed by atoms with Crippen LogP contribution in [0.15, 0.2) is 30.6 Å². The normalized spacial score (nSPS) is 10.2. The third-order valence-corrected chi connectivity index (χ3v) is 2.98. The fourth-order valence-electron chi connectivity index (χ4n) is 1.88. The van der Waals surface area contributed by atoms with Crippen LogP contribution in [0.25, 0.3) is 0 Å². The largest absolute Gasteiger partial charge is 0.370 e. The van der Waals surface area contributed by atoms with E-state index in [9.17, 15) is 9.18 Å². The number of halogens is 1. The van der Waals surface area contributed by atoms with Gasteiger partial charge in [-0.1, -0.05) is 6.07 Å². The maximum absolute atomic E-state index is 13.3. The van der Waals surface area contributed by atoms with Crippen LogP contribution in [0.4, 0.5) is 10.2 Å². The minimum atomic E-state index is -0.546. The molecule has 110 valence electrons. The minimum absolute atomic E-state index is 0.186. The monoisotopic (exact) mass is 288 g/mol. The Kier molecular flexibility index (Phi) is 4.81. The second kappa shape index (κ2) is 6.78. The predicted octanol–water partition coefficient (Wildman–Crippen LogP) is 2.29. The molecule has 0 aliphatic carbocycles. The summed E-state index contributed by atoms with van der Waals surface area (Å²) < 4.78 is 13.3. The standard InChI is InChI=1S/C15H17FN4O/c1-3-17-14-12(7-11(16)8-19-14)15(21)20-9-13-10(2)5-4-6-18-13/h4-8H,3,9H2,1-2H3,(H,17,19)(H,20,21). The number of carbonyl (C=O) groups excluding carboxylic acids is 1. The van der Waals surface area contributed by atoms with E-state index in [1.54, 1.807) is 6.20 Å². The van der Waals surface area contributed by atoms with Crippen LogP contribution in [0.3, 0.4) is 0 Å². The highest BCUT2D eigenvalue weighted by atomic mass is 19.1. The fraction of sp³-hybridized carbons (Fsp3) is 0.267. The number of pyridine rings is 2. The fourth-order valence-corrected chi connectivity index (χ4v) is 1.88. The number of aryl methyl sites for hydroxylation is 1. The molecule has 0 aliphatic rings. The zero-order valence-corrected chi connectivity index (χ0v) is 12.0. The lowest BCUT2D eigenvalue weighted by Crippen LogP contribution is -2.25. The molecule has 2 heterocycles. The smallest absolute Gasteiger partial charge is 0.255 e. The average molecular weight is 288 g/mol. The number of amides is 1. The maximum atomic E-state index is 13.3. The highest BCUT2D eigenvalue weighted by molar-refractivity contribution is 5.98. The van der Waals surface area contributed by atoms with Crippen LogP contribution in [-0.2, 0) is 6.54 Å². The summed E-state index contributed by atoms with van der Waals surface area (Å²) in [6, 6.07) is 4.92. The molecule has 0 atom stereocenters. The quantitative estimate of drug-likeness (QED) is 0.886. The lowest BCUT2D eigenvalue weighted by atomic mass is 10.2. The van der Waals surface area contributed by atoms with Crippen molar-refractivity contribution in [3.63, 3.8) is 0 Å². The first-order chi connectivity index (χ1) is 10.1. The van der Waals surface area contributed by atoms with Crippen molar-refractivity contribution in [3.8, 4) is 0 Å². The molecule has 6 heteroatoms. The zero-order valence-electron chi connectivity index (χ0n) is 12.0. The van der Waals surface area contributed by atoms with Crippen LogP contribution in [0.1, 0.15) is 28.5 Å². The third-order valence-electron chi connectivity index (χ3n) is 2.98. The molecule has 0 saturated carbocycles. The van der Waals surface area contributed by atoms with E-state index < -0.39 is 5.82 Å². The number of rotatable bonds is 5. The number of nitrogens with zero attached hydrogens (tertiary/aromatic N) is 2. The number of carbonyl (C=O) groups is 1. The van der Waals surface area contributed by atoms with Gasteiger partial charge in [0.05, 0.1) is 24.0 Å². The molecule has 0 unspecified atom stereocenters. The number of hydrogen-bond donors (Lipinski definition) is 2. The first kappa shape index (κ1) is 14.9. The second-order valence-corrected chi connectivity index (χ2v) is 4.53. The van der Waals surface area contributed by atoms with Gasteiger partial charge in [-0.15, -0.1) is 0 Å². The van der Waals surface area contributed by atoms with Crippen molar-refractivity contribution in [1.82, 2.24) is 15.3 Å². The molecular weight excluding hydrogens is 271 g/mol. The van der Waals surface area contributed by atoms with Gasteiger partial charge in [-0.3, -0.25) is 9.78 Å². The molecular formula is C15H17FN4O. The van der Waals surface area contributed by atoms with E-state index in [1.165, 1.54) is 6.07 Å². The minimum Gasteiger partial charge on any atom is -0.370 e. The van der Waals surface area contributed by atoms with E-state index in [0.717, 1.165) is 17.5 Å². The zero-order chi connectivity index (χ0) is 15.2. The first-order valence-electron chi connectivity index (χ1n) is 6.70. The van der Waals surface area contributed by atoms with Crippen LogP contribution in [0.2, 0.25) is 0 Å². The van der Waals surface area contributed by atoms with Gasteiger partial charge >= 0.3 is 0 Å². The number of aromatic nitrogens is 2. The Balaban J connectivity index is 2.13. The van der Waals surface area contributed by atoms with Crippen molar-refractivity contribution in [3.05, 3.63) is 53.2 Å². The maximum Gasteiger partial charge on any atom is 0.255 e. The molecule has 0 spiro atoms. The van der Waals surface area contributed by atoms with Crippen LogP contribution in [0.5, 0.6) is 0 Å². The van der Waals surface area contributed by atoms with Gasteiger partial charge in [-0.25, -0.2) is 9.37 Å². The summed E-state index contributed by atoms with van der Waals surface area (Å²) in [5.41, 5.74) is 1.95. The summed E-state index contributed by atoms with van der Waals surface area (Å²) in [5.74, 6) is -0.562. The molecule has 0 saturated heterocycles. The van der Waals surface area contributed by atoms with Crippen molar-refractivity contribution < 1.29 is 9.18 Å². The SMILES string of the molecule is CCNc1ncc(F)cc1C(=O)NCc1ncccc1C. The van der Waals surface area contributed by atoms with Gasteiger partial charge in [0.1, 0.15) is 11.6 Å². The molecule has 0 aromatic carbocycles. The van der Waals surface area contributed by atoms with Gasteiger partial charge in [-0.05, 0) is 31.5 Å². The molecule has 1 amide bonds. The summed E-state index contributed by atoms with van der Waals surface area (Å²) in [6.07, 6.45) is 2.75. The Morgan fingerprint density at radius 3 is 2.90 bits per heavy atom. The van der Waals surface area contributed by atoms with Crippen molar-refractivity contribution in [2.24, 2.45) is 0 Å². The molecule has 0 bridgehead atoms. The van der Waals surface area contributed by atoms with E-state index in [2.05, 4.69) is 20.6 Å². The van der Waals surface area contributed by atoms with Crippen LogP contribution in [-0.4, -0.2) is 22.4 Å². The topological polar surface area (TPSA) is 66.9 Å². The summed E-state index contributed by atoms with van der Waals surface area (Å²) in [7, 11) is 0. The van der Waals surface area contributed by atoms with Gasteiger partial charge in [0, 0.05) is 12.7 Å². The summed E-state index contributed by atoms with van der Waals surface area (Å²) in [6.45, 7) is 4.68. The van der Waals surface area contributed by atoms with Gasteiger partial charge in [0.2, 0.25) is 0 Å². The summed E-state index contributed by atoms with van der Waals surface area (Å²) >= 11 is 0. The Labute approximate surface area is 122 Å².